The third kappa shape index (κ3) is 2.64. The number of anilines is 1. The second-order valence-corrected chi connectivity index (χ2v) is 6.60. The zero-order valence-electron chi connectivity index (χ0n) is 12.8. The summed E-state index contributed by atoms with van der Waals surface area (Å²) in [6.07, 6.45) is 5.38. The van der Waals surface area contributed by atoms with Gasteiger partial charge in [-0.1, -0.05) is 12.1 Å². The van der Waals surface area contributed by atoms with Crippen LogP contribution in [-0.4, -0.2) is 35.2 Å². The monoisotopic (exact) mass is 284 g/mol. The zero-order chi connectivity index (χ0) is 14.2. The van der Waals surface area contributed by atoms with Gasteiger partial charge in [-0.25, -0.2) is 4.98 Å². The Bertz CT molecular complexity index is 623. The molecule has 2 aromatic rings. The SMILES string of the molecule is Cn1c(N(CC2CC2)CC2CCCN2)nc2ccccc21. The molecule has 1 saturated heterocycles. The number of rotatable bonds is 5. The lowest BCUT2D eigenvalue weighted by molar-refractivity contribution is 0.559. The van der Waals surface area contributed by atoms with Crippen LogP contribution in [-0.2, 0) is 7.05 Å². The van der Waals surface area contributed by atoms with E-state index in [9.17, 15) is 0 Å². The lowest BCUT2D eigenvalue weighted by Gasteiger charge is -2.27. The molecule has 0 amide bonds. The van der Waals surface area contributed by atoms with E-state index in [2.05, 4.69) is 46.1 Å². The van der Waals surface area contributed by atoms with Gasteiger partial charge in [-0.2, -0.15) is 0 Å². The molecule has 1 aliphatic carbocycles. The maximum atomic E-state index is 4.90. The van der Waals surface area contributed by atoms with E-state index in [0.717, 1.165) is 30.5 Å². The molecule has 0 spiro atoms. The Kier molecular flexibility index (Phi) is 3.34. The highest BCUT2D eigenvalue weighted by molar-refractivity contribution is 5.78. The fraction of sp³-hybridized carbons (Fsp3) is 0.588. The lowest BCUT2D eigenvalue weighted by atomic mass is 10.2. The summed E-state index contributed by atoms with van der Waals surface area (Å²) in [7, 11) is 2.15. The van der Waals surface area contributed by atoms with Crippen LogP contribution in [0.4, 0.5) is 5.95 Å². The molecule has 1 N–H and O–H groups in total. The second kappa shape index (κ2) is 5.34. The normalized spacial score (nSPS) is 22.0. The van der Waals surface area contributed by atoms with Crippen LogP contribution in [0.3, 0.4) is 0 Å². The molecule has 1 aliphatic heterocycles. The number of nitrogens with zero attached hydrogens (tertiary/aromatic N) is 3. The van der Waals surface area contributed by atoms with Gasteiger partial charge in [-0.3, -0.25) is 0 Å². The van der Waals surface area contributed by atoms with Gasteiger partial charge in [0.2, 0.25) is 5.95 Å². The molecule has 21 heavy (non-hydrogen) atoms. The first-order valence-corrected chi connectivity index (χ1v) is 8.21. The van der Waals surface area contributed by atoms with E-state index in [0.29, 0.717) is 6.04 Å². The Labute approximate surface area is 126 Å². The number of aryl methyl sites for hydroxylation is 1. The minimum absolute atomic E-state index is 0.628. The van der Waals surface area contributed by atoms with Crippen molar-refractivity contribution < 1.29 is 0 Å². The highest BCUT2D eigenvalue weighted by Gasteiger charge is 2.28. The van der Waals surface area contributed by atoms with Gasteiger partial charge in [0.05, 0.1) is 11.0 Å². The van der Waals surface area contributed by atoms with E-state index in [1.54, 1.807) is 0 Å². The number of benzene rings is 1. The predicted octanol–water partition coefficient (Wildman–Crippen LogP) is 2.54. The average molecular weight is 284 g/mol. The number of para-hydroxylation sites is 2. The van der Waals surface area contributed by atoms with Crippen LogP contribution >= 0.6 is 0 Å². The number of imidazole rings is 1. The van der Waals surface area contributed by atoms with Gasteiger partial charge in [0.1, 0.15) is 0 Å². The Hall–Kier alpha value is -1.55. The van der Waals surface area contributed by atoms with E-state index in [-0.39, 0.29) is 0 Å². The summed E-state index contributed by atoms with van der Waals surface area (Å²) < 4.78 is 2.26. The van der Waals surface area contributed by atoms with E-state index >= 15 is 0 Å². The zero-order valence-corrected chi connectivity index (χ0v) is 12.8. The van der Waals surface area contributed by atoms with Crippen LogP contribution in [0.25, 0.3) is 11.0 Å². The Morgan fingerprint density at radius 2 is 2.10 bits per heavy atom. The molecule has 0 bridgehead atoms. The molecule has 4 heteroatoms. The molecule has 1 saturated carbocycles. The number of nitrogens with one attached hydrogen (secondary N) is 1. The molecule has 4 nitrogen and oxygen atoms in total. The van der Waals surface area contributed by atoms with Crippen LogP contribution < -0.4 is 10.2 Å². The lowest BCUT2D eigenvalue weighted by Crippen LogP contribution is -2.39. The fourth-order valence-electron chi connectivity index (χ4n) is 3.44. The summed E-state index contributed by atoms with van der Waals surface area (Å²) in [5.41, 5.74) is 2.34. The average Bonchev–Trinajstić information content (AvgIpc) is 3.04. The van der Waals surface area contributed by atoms with E-state index < -0.39 is 0 Å². The number of hydrogen-bond donors (Lipinski definition) is 1. The van der Waals surface area contributed by atoms with Crippen molar-refractivity contribution >= 4 is 17.0 Å². The Morgan fingerprint density at radius 3 is 2.81 bits per heavy atom. The van der Waals surface area contributed by atoms with Crippen molar-refractivity contribution in [2.45, 2.75) is 31.7 Å². The molecule has 1 unspecified atom stereocenters. The van der Waals surface area contributed by atoms with Gasteiger partial charge in [0.15, 0.2) is 0 Å². The van der Waals surface area contributed by atoms with Crippen LogP contribution in [0.2, 0.25) is 0 Å². The van der Waals surface area contributed by atoms with Gasteiger partial charge >= 0.3 is 0 Å². The van der Waals surface area contributed by atoms with Crippen molar-refractivity contribution in [1.29, 1.82) is 0 Å². The van der Waals surface area contributed by atoms with Gasteiger partial charge < -0.3 is 14.8 Å². The van der Waals surface area contributed by atoms with Crippen molar-refractivity contribution in [3.05, 3.63) is 24.3 Å². The molecule has 0 radical (unpaired) electrons. The van der Waals surface area contributed by atoms with Crippen molar-refractivity contribution in [3.63, 3.8) is 0 Å². The molecule has 2 fully saturated rings. The highest BCUT2D eigenvalue weighted by atomic mass is 15.3. The van der Waals surface area contributed by atoms with Crippen molar-refractivity contribution in [1.82, 2.24) is 14.9 Å². The highest BCUT2D eigenvalue weighted by Crippen LogP contribution is 2.32. The maximum Gasteiger partial charge on any atom is 0.206 e. The first kappa shape index (κ1) is 13.1. The van der Waals surface area contributed by atoms with Crippen LogP contribution in [0.15, 0.2) is 24.3 Å². The predicted molar refractivity (Wildman–Crippen MR) is 86.7 cm³/mol. The molecule has 112 valence electrons. The molecule has 1 atom stereocenters. The minimum Gasteiger partial charge on any atom is -0.340 e. The third-order valence-electron chi connectivity index (χ3n) is 4.83. The number of fused-ring (bicyclic) bond motifs is 1. The van der Waals surface area contributed by atoms with Gasteiger partial charge in [-0.15, -0.1) is 0 Å². The van der Waals surface area contributed by atoms with Crippen LogP contribution in [0.1, 0.15) is 25.7 Å². The largest absolute Gasteiger partial charge is 0.340 e. The summed E-state index contributed by atoms with van der Waals surface area (Å²) in [4.78, 5) is 7.41. The standard InChI is InChI=1S/C17H24N4/c1-20-16-7-3-2-6-15(16)19-17(20)21(11-13-8-9-13)12-14-5-4-10-18-14/h2-3,6-7,13-14,18H,4-5,8-12H2,1H3. The molecule has 1 aromatic carbocycles. The topological polar surface area (TPSA) is 33.1 Å². The summed E-state index contributed by atoms with van der Waals surface area (Å²) in [6.45, 7) is 3.42. The van der Waals surface area contributed by atoms with E-state index in [1.807, 2.05) is 0 Å². The van der Waals surface area contributed by atoms with Gasteiger partial charge in [-0.05, 0) is 50.3 Å². The van der Waals surface area contributed by atoms with Gasteiger partial charge in [0, 0.05) is 26.2 Å². The summed E-state index contributed by atoms with van der Waals surface area (Å²) in [6, 6.07) is 9.07. The summed E-state index contributed by atoms with van der Waals surface area (Å²) in [5.74, 6) is 2.02. The second-order valence-electron chi connectivity index (χ2n) is 6.60. The van der Waals surface area contributed by atoms with Gasteiger partial charge in [0.25, 0.3) is 0 Å². The summed E-state index contributed by atoms with van der Waals surface area (Å²) in [5, 5.41) is 3.62. The first-order chi connectivity index (χ1) is 10.3. The first-order valence-electron chi connectivity index (χ1n) is 8.21. The van der Waals surface area contributed by atoms with Crippen molar-refractivity contribution in [3.8, 4) is 0 Å². The number of aromatic nitrogens is 2. The molecular weight excluding hydrogens is 260 g/mol. The third-order valence-corrected chi connectivity index (χ3v) is 4.83. The van der Waals surface area contributed by atoms with Crippen LogP contribution in [0, 0.1) is 5.92 Å². The quantitative estimate of drug-likeness (QED) is 0.916. The Balaban J connectivity index is 1.64. The Morgan fingerprint density at radius 1 is 1.24 bits per heavy atom. The fourth-order valence-corrected chi connectivity index (χ4v) is 3.44. The molecule has 2 aliphatic rings. The van der Waals surface area contributed by atoms with Crippen molar-refractivity contribution in [2.75, 3.05) is 24.5 Å². The molecule has 2 heterocycles. The smallest absolute Gasteiger partial charge is 0.206 e. The maximum absolute atomic E-state index is 4.90. The molecular formula is C17H24N4. The molecule has 4 rings (SSSR count). The van der Waals surface area contributed by atoms with Crippen molar-refractivity contribution in [2.24, 2.45) is 13.0 Å². The summed E-state index contributed by atoms with van der Waals surface area (Å²) >= 11 is 0. The minimum atomic E-state index is 0.628. The molecule has 1 aromatic heterocycles. The van der Waals surface area contributed by atoms with Crippen LogP contribution in [0.5, 0.6) is 0 Å². The van der Waals surface area contributed by atoms with E-state index in [1.165, 1.54) is 37.7 Å². The van der Waals surface area contributed by atoms with E-state index in [4.69, 9.17) is 4.98 Å². The number of hydrogen-bond acceptors (Lipinski definition) is 3.